The van der Waals surface area contributed by atoms with Gasteiger partial charge in [-0.2, -0.15) is 0 Å². The van der Waals surface area contributed by atoms with Crippen LogP contribution in [0.2, 0.25) is 0 Å². The Hall–Kier alpha value is -0.0300. The zero-order chi connectivity index (χ0) is 14.6. The van der Waals surface area contributed by atoms with E-state index in [1.807, 2.05) is 6.92 Å². The number of likely N-dealkylation sites (tertiary alicyclic amines) is 1. The number of hydrogen-bond donors (Lipinski definition) is 2. The number of nitrogens with two attached hydrogens (primary N) is 1. The number of amides is 1. The summed E-state index contributed by atoms with van der Waals surface area (Å²) in [4.78, 5) is 14.9. The Morgan fingerprint density at radius 3 is 2.55 bits per heavy atom. The molecule has 0 radical (unpaired) electrons. The van der Waals surface area contributed by atoms with E-state index in [0.717, 1.165) is 38.8 Å². The van der Waals surface area contributed by atoms with Crippen LogP contribution in [0.5, 0.6) is 0 Å². The summed E-state index contributed by atoms with van der Waals surface area (Å²) in [6, 6.07) is 0.519. The highest BCUT2D eigenvalue weighted by Gasteiger charge is 2.37. The molecular weight excluding hydrogens is 321 g/mol. The summed E-state index contributed by atoms with van der Waals surface area (Å²) in [6.45, 7) is 7.29. The Bertz CT molecular complexity index is 339. The summed E-state index contributed by atoms with van der Waals surface area (Å²) >= 11 is 0. The van der Waals surface area contributed by atoms with Crippen LogP contribution in [-0.2, 0) is 4.79 Å². The number of rotatable bonds is 4. The molecule has 0 aromatic heterocycles. The van der Waals surface area contributed by atoms with E-state index in [9.17, 15) is 4.79 Å². The summed E-state index contributed by atoms with van der Waals surface area (Å²) in [5, 5.41) is 3.18. The lowest BCUT2D eigenvalue weighted by atomic mass is 9.74. The summed E-state index contributed by atoms with van der Waals surface area (Å²) in [6.07, 6.45) is 7.99. The third kappa shape index (κ3) is 5.55. The van der Waals surface area contributed by atoms with Crippen LogP contribution in [0.3, 0.4) is 0 Å². The van der Waals surface area contributed by atoms with Crippen molar-refractivity contribution in [3.63, 3.8) is 0 Å². The van der Waals surface area contributed by atoms with Crippen molar-refractivity contribution in [2.24, 2.45) is 11.7 Å². The molecule has 3 N–H and O–H groups in total. The van der Waals surface area contributed by atoms with Gasteiger partial charge in [0.1, 0.15) is 0 Å². The molecule has 2 aliphatic rings. The van der Waals surface area contributed by atoms with Crippen LogP contribution in [0.15, 0.2) is 0 Å². The molecule has 22 heavy (non-hydrogen) atoms. The first-order valence-electron chi connectivity index (χ1n) is 8.35. The van der Waals surface area contributed by atoms with Crippen molar-refractivity contribution in [3.8, 4) is 0 Å². The van der Waals surface area contributed by atoms with Gasteiger partial charge in [0.15, 0.2) is 0 Å². The Morgan fingerprint density at radius 1 is 1.23 bits per heavy atom. The lowest BCUT2D eigenvalue weighted by Gasteiger charge is -2.39. The van der Waals surface area contributed by atoms with E-state index in [-0.39, 0.29) is 42.2 Å². The van der Waals surface area contributed by atoms with Gasteiger partial charge in [0.2, 0.25) is 5.91 Å². The standard InChI is InChI=1S/C16H31N3O.2ClH/c1-3-19-11-7-5-8-13(19)12-18-15(20)14-9-4-6-10-16(14,2)17;;/h13-14H,3-12,17H2,1-2H3,(H,18,20);2*1H. The smallest absolute Gasteiger partial charge is 0.225 e. The maximum atomic E-state index is 12.4. The number of carbonyl (C=O) groups excluding carboxylic acids is 1. The van der Waals surface area contributed by atoms with Gasteiger partial charge in [0.05, 0.1) is 5.92 Å². The van der Waals surface area contributed by atoms with Crippen LogP contribution in [-0.4, -0.2) is 42.0 Å². The lowest BCUT2D eigenvalue weighted by molar-refractivity contribution is -0.128. The van der Waals surface area contributed by atoms with Crippen LogP contribution >= 0.6 is 24.8 Å². The Morgan fingerprint density at radius 2 is 1.91 bits per heavy atom. The van der Waals surface area contributed by atoms with Gasteiger partial charge in [0.25, 0.3) is 0 Å². The fraction of sp³-hybridized carbons (Fsp3) is 0.938. The first-order chi connectivity index (χ1) is 9.54. The number of carbonyl (C=O) groups is 1. The molecule has 1 heterocycles. The van der Waals surface area contributed by atoms with Gasteiger partial charge in [-0.05, 0) is 45.7 Å². The minimum absolute atomic E-state index is 0. The highest BCUT2D eigenvalue weighted by molar-refractivity contribution is 5.85. The fourth-order valence-corrected chi connectivity index (χ4v) is 3.84. The number of nitrogens with zero attached hydrogens (tertiary/aromatic N) is 1. The van der Waals surface area contributed by atoms with Gasteiger partial charge in [-0.3, -0.25) is 9.69 Å². The molecule has 3 unspecified atom stereocenters. The number of halogens is 2. The largest absolute Gasteiger partial charge is 0.354 e. The van der Waals surface area contributed by atoms with E-state index >= 15 is 0 Å². The minimum Gasteiger partial charge on any atom is -0.354 e. The molecule has 2 fully saturated rings. The van der Waals surface area contributed by atoms with Crippen molar-refractivity contribution in [1.29, 1.82) is 0 Å². The highest BCUT2D eigenvalue weighted by atomic mass is 35.5. The topological polar surface area (TPSA) is 58.4 Å². The maximum absolute atomic E-state index is 12.4. The normalized spacial score (nSPS) is 32.5. The fourth-order valence-electron chi connectivity index (χ4n) is 3.84. The first kappa shape index (κ1) is 22.0. The molecule has 0 spiro atoms. The van der Waals surface area contributed by atoms with Crippen molar-refractivity contribution in [2.75, 3.05) is 19.6 Å². The zero-order valence-corrected chi connectivity index (χ0v) is 15.6. The molecule has 132 valence electrons. The lowest BCUT2D eigenvalue weighted by Crippen LogP contribution is -2.54. The van der Waals surface area contributed by atoms with Gasteiger partial charge in [-0.25, -0.2) is 0 Å². The maximum Gasteiger partial charge on any atom is 0.225 e. The second-order valence-corrected chi connectivity index (χ2v) is 6.83. The van der Waals surface area contributed by atoms with Gasteiger partial charge in [-0.1, -0.05) is 26.2 Å². The third-order valence-electron chi connectivity index (χ3n) is 5.24. The van der Waals surface area contributed by atoms with Crippen LogP contribution in [0.25, 0.3) is 0 Å². The number of hydrogen-bond acceptors (Lipinski definition) is 3. The third-order valence-corrected chi connectivity index (χ3v) is 5.24. The van der Waals surface area contributed by atoms with Crippen molar-refractivity contribution >= 4 is 30.7 Å². The first-order valence-corrected chi connectivity index (χ1v) is 8.35. The number of nitrogens with one attached hydrogen (secondary N) is 1. The van der Waals surface area contributed by atoms with E-state index in [2.05, 4.69) is 17.1 Å². The van der Waals surface area contributed by atoms with Crippen LogP contribution < -0.4 is 11.1 Å². The number of piperidine rings is 1. The van der Waals surface area contributed by atoms with Crippen molar-refractivity contribution in [3.05, 3.63) is 0 Å². The summed E-state index contributed by atoms with van der Waals surface area (Å²) in [5.41, 5.74) is 5.99. The number of likely N-dealkylation sites (N-methyl/N-ethyl adjacent to an activating group) is 1. The van der Waals surface area contributed by atoms with Gasteiger partial charge < -0.3 is 11.1 Å². The Labute approximate surface area is 147 Å². The quantitative estimate of drug-likeness (QED) is 0.816. The molecule has 0 aromatic carbocycles. The second kappa shape index (κ2) is 9.96. The molecule has 2 rings (SSSR count). The summed E-state index contributed by atoms with van der Waals surface area (Å²) in [7, 11) is 0. The molecular formula is C16H33Cl2N3O. The van der Waals surface area contributed by atoms with E-state index in [1.165, 1.54) is 25.8 Å². The van der Waals surface area contributed by atoms with Crippen LogP contribution in [0.4, 0.5) is 0 Å². The van der Waals surface area contributed by atoms with E-state index in [4.69, 9.17) is 5.73 Å². The summed E-state index contributed by atoms with van der Waals surface area (Å²) in [5.74, 6) is 0.172. The molecule has 1 saturated heterocycles. The van der Waals surface area contributed by atoms with Crippen molar-refractivity contribution in [2.45, 2.75) is 70.4 Å². The van der Waals surface area contributed by atoms with Crippen LogP contribution in [0, 0.1) is 5.92 Å². The second-order valence-electron chi connectivity index (χ2n) is 6.83. The molecule has 1 amide bonds. The Kier molecular flexibility index (Phi) is 9.95. The van der Waals surface area contributed by atoms with Crippen LogP contribution in [0.1, 0.15) is 58.8 Å². The van der Waals surface area contributed by atoms with Crippen molar-refractivity contribution in [1.82, 2.24) is 10.2 Å². The average Bonchev–Trinajstić information content (AvgIpc) is 2.44. The average molecular weight is 354 g/mol. The molecule has 4 nitrogen and oxygen atoms in total. The van der Waals surface area contributed by atoms with E-state index in [0.29, 0.717) is 6.04 Å². The zero-order valence-electron chi connectivity index (χ0n) is 14.0. The molecule has 1 aliphatic heterocycles. The molecule has 0 aromatic rings. The van der Waals surface area contributed by atoms with E-state index in [1.54, 1.807) is 0 Å². The molecule has 3 atom stereocenters. The monoisotopic (exact) mass is 353 g/mol. The highest BCUT2D eigenvalue weighted by Crippen LogP contribution is 2.31. The van der Waals surface area contributed by atoms with Gasteiger partial charge >= 0.3 is 0 Å². The molecule has 0 bridgehead atoms. The molecule has 6 heteroatoms. The Balaban J connectivity index is 0.00000220. The van der Waals surface area contributed by atoms with Gasteiger partial charge in [-0.15, -0.1) is 24.8 Å². The predicted octanol–water partition coefficient (Wildman–Crippen LogP) is 2.73. The van der Waals surface area contributed by atoms with Crippen molar-refractivity contribution < 1.29 is 4.79 Å². The van der Waals surface area contributed by atoms with E-state index < -0.39 is 0 Å². The molecule has 1 saturated carbocycles. The predicted molar refractivity (Wildman–Crippen MR) is 96.9 cm³/mol. The SMILES string of the molecule is CCN1CCCCC1CNC(=O)C1CCCCC1(C)N.Cl.Cl. The minimum atomic E-state index is -0.320. The molecule has 1 aliphatic carbocycles. The van der Waals surface area contributed by atoms with Gasteiger partial charge in [0, 0.05) is 18.1 Å². The summed E-state index contributed by atoms with van der Waals surface area (Å²) < 4.78 is 0.